The molecule has 3 aromatic rings. The van der Waals surface area contributed by atoms with Crippen LogP contribution in [-0.4, -0.2) is 43.8 Å². The zero-order valence-electron chi connectivity index (χ0n) is 23.1. The quantitative estimate of drug-likeness (QED) is 0.336. The summed E-state index contributed by atoms with van der Waals surface area (Å²) in [6.45, 7) is 5.03. The van der Waals surface area contributed by atoms with Gasteiger partial charge in [-0.1, -0.05) is 73.0 Å². The number of carbonyl (C=O) groups is 2. The van der Waals surface area contributed by atoms with E-state index in [2.05, 4.69) is 5.32 Å². The van der Waals surface area contributed by atoms with E-state index in [-0.39, 0.29) is 23.4 Å². The van der Waals surface area contributed by atoms with E-state index in [4.69, 9.17) is 11.6 Å². The lowest BCUT2D eigenvalue weighted by Gasteiger charge is -2.33. The summed E-state index contributed by atoms with van der Waals surface area (Å²) in [7, 11) is -4.14. The van der Waals surface area contributed by atoms with E-state index >= 15 is 0 Å². The largest absolute Gasteiger partial charge is 0.352 e. The number of halogens is 1. The second kappa shape index (κ2) is 12.9. The van der Waals surface area contributed by atoms with Gasteiger partial charge in [-0.2, -0.15) is 0 Å². The highest BCUT2D eigenvalue weighted by atomic mass is 35.5. The smallest absolute Gasteiger partial charge is 0.264 e. The Bertz CT molecular complexity index is 1460. The summed E-state index contributed by atoms with van der Waals surface area (Å²) in [4.78, 5) is 29.0. The first-order valence-corrected chi connectivity index (χ1v) is 15.4. The summed E-state index contributed by atoms with van der Waals surface area (Å²) in [6, 6.07) is 19.9. The molecule has 1 aliphatic rings. The van der Waals surface area contributed by atoms with Crippen LogP contribution in [0.4, 0.5) is 5.69 Å². The van der Waals surface area contributed by atoms with Gasteiger partial charge in [0.1, 0.15) is 12.6 Å². The fourth-order valence-corrected chi connectivity index (χ4v) is 6.71. The van der Waals surface area contributed by atoms with E-state index in [9.17, 15) is 18.0 Å². The van der Waals surface area contributed by atoms with E-state index in [1.807, 2.05) is 31.2 Å². The maximum atomic E-state index is 14.1. The molecular weight excluding hydrogens is 546 g/mol. The highest BCUT2D eigenvalue weighted by Gasteiger charge is 2.34. The second-order valence-electron chi connectivity index (χ2n) is 10.3. The first kappa shape index (κ1) is 29.6. The van der Waals surface area contributed by atoms with E-state index in [0.29, 0.717) is 16.3 Å². The fraction of sp³-hybridized carbons (Fsp3) is 0.355. The summed E-state index contributed by atoms with van der Waals surface area (Å²) in [6.07, 6.45) is 3.97. The van der Waals surface area contributed by atoms with Crippen LogP contribution in [-0.2, 0) is 26.2 Å². The monoisotopic (exact) mass is 581 g/mol. The van der Waals surface area contributed by atoms with Crippen molar-refractivity contribution >= 4 is 39.1 Å². The molecule has 3 aromatic carbocycles. The van der Waals surface area contributed by atoms with Crippen LogP contribution in [0.5, 0.6) is 0 Å². The molecule has 0 spiro atoms. The van der Waals surface area contributed by atoms with Crippen molar-refractivity contribution < 1.29 is 18.0 Å². The van der Waals surface area contributed by atoms with Gasteiger partial charge in [-0.3, -0.25) is 13.9 Å². The molecule has 1 N–H and O–H groups in total. The second-order valence-corrected chi connectivity index (χ2v) is 12.6. The van der Waals surface area contributed by atoms with Crippen molar-refractivity contribution in [2.75, 3.05) is 10.8 Å². The normalized spacial score (nSPS) is 14.5. The third-order valence-corrected chi connectivity index (χ3v) is 9.77. The standard InChI is InChI=1S/C31H36ClN3O4S/c1-22-12-7-8-13-25(22)20-34(24(3)31(37)33-26-14-9-10-15-26)30(36)21-35(29-19-11-18-28(32)23(29)2)40(38,39)27-16-5-4-6-17-27/h4-8,11-13,16-19,24,26H,9-10,14-15,20-21H2,1-3H3,(H,33,37)/t24-/m0/s1. The van der Waals surface area contributed by atoms with E-state index < -0.39 is 28.5 Å². The molecule has 0 aliphatic heterocycles. The van der Waals surface area contributed by atoms with Gasteiger partial charge in [0.2, 0.25) is 11.8 Å². The molecule has 7 nitrogen and oxygen atoms in total. The maximum Gasteiger partial charge on any atom is 0.264 e. The Balaban J connectivity index is 1.72. The van der Waals surface area contributed by atoms with Gasteiger partial charge >= 0.3 is 0 Å². The number of sulfonamides is 1. The van der Waals surface area contributed by atoms with Gasteiger partial charge in [-0.25, -0.2) is 8.42 Å². The van der Waals surface area contributed by atoms with Crippen LogP contribution in [0.1, 0.15) is 49.3 Å². The van der Waals surface area contributed by atoms with Crippen molar-refractivity contribution in [3.63, 3.8) is 0 Å². The van der Waals surface area contributed by atoms with Gasteiger partial charge in [0.15, 0.2) is 0 Å². The number of amides is 2. The number of nitrogens with one attached hydrogen (secondary N) is 1. The summed E-state index contributed by atoms with van der Waals surface area (Å²) < 4.78 is 29.0. The number of aryl methyl sites for hydroxylation is 1. The Morgan fingerprint density at radius 2 is 1.60 bits per heavy atom. The number of carbonyl (C=O) groups excluding carboxylic acids is 2. The van der Waals surface area contributed by atoms with Crippen LogP contribution in [0, 0.1) is 13.8 Å². The molecule has 2 amide bonds. The van der Waals surface area contributed by atoms with Crippen LogP contribution in [0.25, 0.3) is 0 Å². The van der Waals surface area contributed by atoms with Crippen molar-refractivity contribution in [1.82, 2.24) is 10.2 Å². The third kappa shape index (κ3) is 6.67. The van der Waals surface area contributed by atoms with Gasteiger partial charge in [-0.15, -0.1) is 0 Å². The molecule has 1 aliphatic carbocycles. The number of hydrogen-bond donors (Lipinski definition) is 1. The number of rotatable bonds is 10. The Hall–Kier alpha value is -3.36. The number of benzene rings is 3. The molecule has 0 heterocycles. The number of anilines is 1. The van der Waals surface area contributed by atoms with Crippen LogP contribution >= 0.6 is 11.6 Å². The van der Waals surface area contributed by atoms with Gasteiger partial charge in [0.25, 0.3) is 10.0 Å². The van der Waals surface area contributed by atoms with E-state index in [0.717, 1.165) is 41.1 Å². The third-order valence-electron chi connectivity index (χ3n) is 7.59. The van der Waals surface area contributed by atoms with Crippen LogP contribution in [0.15, 0.2) is 77.7 Å². The van der Waals surface area contributed by atoms with Crippen molar-refractivity contribution in [2.45, 2.75) is 70.0 Å². The molecule has 0 aromatic heterocycles. The van der Waals surface area contributed by atoms with Crippen LogP contribution in [0.2, 0.25) is 5.02 Å². The average molecular weight is 582 g/mol. The average Bonchev–Trinajstić information content (AvgIpc) is 3.46. The molecule has 0 bridgehead atoms. The summed E-state index contributed by atoms with van der Waals surface area (Å²) >= 11 is 6.38. The zero-order chi connectivity index (χ0) is 28.9. The SMILES string of the molecule is Cc1ccccc1CN(C(=O)CN(c1cccc(Cl)c1C)S(=O)(=O)c1ccccc1)[C@@H](C)C(=O)NC1CCCC1. The number of nitrogens with zero attached hydrogens (tertiary/aromatic N) is 2. The fourth-order valence-electron chi connectivity index (χ4n) is 5.04. The Kier molecular flexibility index (Phi) is 9.53. The van der Waals surface area contributed by atoms with Gasteiger partial charge in [0, 0.05) is 17.6 Å². The predicted octanol–water partition coefficient (Wildman–Crippen LogP) is 5.63. The van der Waals surface area contributed by atoms with Gasteiger partial charge in [0.05, 0.1) is 10.6 Å². The first-order chi connectivity index (χ1) is 19.1. The van der Waals surface area contributed by atoms with Crippen molar-refractivity contribution in [3.05, 3.63) is 94.5 Å². The molecule has 1 saturated carbocycles. The molecule has 1 atom stereocenters. The van der Waals surface area contributed by atoms with Crippen LogP contribution in [0.3, 0.4) is 0 Å². The highest BCUT2D eigenvalue weighted by molar-refractivity contribution is 7.92. The molecule has 0 radical (unpaired) electrons. The molecule has 4 rings (SSSR count). The molecule has 40 heavy (non-hydrogen) atoms. The lowest BCUT2D eigenvalue weighted by Crippen LogP contribution is -2.52. The molecule has 1 fully saturated rings. The minimum absolute atomic E-state index is 0.0552. The van der Waals surface area contributed by atoms with Crippen molar-refractivity contribution in [1.29, 1.82) is 0 Å². The topological polar surface area (TPSA) is 86.8 Å². The maximum absolute atomic E-state index is 14.1. The Morgan fingerprint density at radius 1 is 0.950 bits per heavy atom. The minimum atomic E-state index is -4.14. The minimum Gasteiger partial charge on any atom is -0.352 e. The number of hydrogen-bond acceptors (Lipinski definition) is 4. The zero-order valence-corrected chi connectivity index (χ0v) is 24.7. The van der Waals surface area contributed by atoms with Gasteiger partial charge in [-0.05, 0) is 74.6 Å². The lowest BCUT2D eigenvalue weighted by molar-refractivity contribution is -0.139. The van der Waals surface area contributed by atoms with E-state index in [1.165, 1.54) is 17.0 Å². The predicted molar refractivity (Wildman–Crippen MR) is 159 cm³/mol. The molecule has 212 valence electrons. The first-order valence-electron chi connectivity index (χ1n) is 13.6. The highest BCUT2D eigenvalue weighted by Crippen LogP contribution is 2.31. The lowest BCUT2D eigenvalue weighted by atomic mass is 10.1. The van der Waals surface area contributed by atoms with Gasteiger partial charge < -0.3 is 10.2 Å². The van der Waals surface area contributed by atoms with E-state index in [1.54, 1.807) is 50.2 Å². The summed E-state index contributed by atoms with van der Waals surface area (Å²) in [5.74, 6) is -0.735. The van der Waals surface area contributed by atoms with Crippen LogP contribution < -0.4 is 9.62 Å². The molecule has 0 unspecified atom stereocenters. The molecular formula is C31H36ClN3O4S. The Labute approximate surface area is 242 Å². The molecule has 9 heteroatoms. The summed E-state index contributed by atoms with van der Waals surface area (Å²) in [5, 5.41) is 3.48. The van der Waals surface area contributed by atoms with Crippen molar-refractivity contribution in [3.8, 4) is 0 Å². The summed E-state index contributed by atoms with van der Waals surface area (Å²) in [5.41, 5.74) is 2.70. The Morgan fingerprint density at radius 3 is 2.27 bits per heavy atom. The molecule has 0 saturated heterocycles. The van der Waals surface area contributed by atoms with Crippen molar-refractivity contribution in [2.24, 2.45) is 0 Å².